The fraction of sp³-hybridized carbons (Fsp3) is 0.750. The molecule has 0 radical (unpaired) electrons. The summed E-state index contributed by atoms with van der Waals surface area (Å²) in [4.78, 5) is 11.9. The summed E-state index contributed by atoms with van der Waals surface area (Å²) < 4.78 is 0. The van der Waals surface area contributed by atoms with E-state index in [2.05, 4.69) is 0 Å². The van der Waals surface area contributed by atoms with Gasteiger partial charge >= 0.3 is 0 Å². The number of carbonyl (C=O) groups excluding carboxylic acids is 1. The molecular weight excluding hydrogens is 154 g/mol. The van der Waals surface area contributed by atoms with Crippen molar-refractivity contribution in [2.45, 2.75) is 26.7 Å². The van der Waals surface area contributed by atoms with E-state index in [0.717, 1.165) is 6.42 Å². The van der Waals surface area contributed by atoms with Gasteiger partial charge < -0.3 is 10.6 Å². The highest BCUT2D eigenvalue weighted by Gasteiger charge is 1.94. The minimum absolute atomic E-state index is 0.279. The Balaban J connectivity index is 0. The maximum Gasteiger partial charge on any atom is 0.217 e. The largest absolute Gasteiger partial charge is 0.370 e. The molecule has 0 atom stereocenters. The standard InChI is InChI=1S/C6H13N3O.C2H6/c1-9(5-7)4-2-3-6(8)10;1-2/h5,7H,2-4H2,1H3,(H2,8,10);1-2H3. The molecule has 4 heteroatoms. The summed E-state index contributed by atoms with van der Waals surface area (Å²) in [7, 11) is 1.79. The third kappa shape index (κ3) is 11.7. The van der Waals surface area contributed by atoms with E-state index in [1.807, 2.05) is 13.8 Å². The Morgan fingerprint density at radius 3 is 2.42 bits per heavy atom. The van der Waals surface area contributed by atoms with Gasteiger partial charge in [-0.25, -0.2) is 0 Å². The van der Waals surface area contributed by atoms with E-state index in [9.17, 15) is 4.79 Å². The molecule has 0 unspecified atom stereocenters. The molecular formula is C8H19N3O. The highest BCUT2D eigenvalue weighted by molar-refractivity contribution is 5.73. The van der Waals surface area contributed by atoms with E-state index in [4.69, 9.17) is 11.1 Å². The number of primary amides is 1. The number of carbonyl (C=O) groups is 1. The summed E-state index contributed by atoms with van der Waals surface area (Å²) in [5.74, 6) is -0.279. The molecule has 0 aliphatic heterocycles. The molecule has 0 saturated carbocycles. The van der Waals surface area contributed by atoms with E-state index in [-0.39, 0.29) is 5.91 Å². The molecule has 0 aromatic rings. The Morgan fingerprint density at radius 1 is 1.58 bits per heavy atom. The van der Waals surface area contributed by atoms with Crippen LogP contribution in [0.5, 0.6) is 0 Å². The van der Waals surface area contributed by atoms with Crippen molar-refractivity contribution in [2.24, 2.45) is 5.73 Å². The quantitative estimate of drug-likeness (QED) is 0.477. The zero-order valence-electron chi connectivity index (χ0n) is 8.13. The SMILES string of the molecule is CC.CN(C=N)CCCC(N)=O. The second-order valence-corrected chi connectivity index (χ2v) is 2.18. The molecule has 0 fully saturated rings. The van der Waals surface area contributed by atoms with Crippen LogP contribution in [-0.4, -0.2) is 30.7 Å². The molecule has 0 aromatic heterocycles. The molecule has 0 spiro atoms. The van der Waals surface area contributed by atoms with Crippen LogP contribution < -0.4 is 5.73 Å². The number of hydrogen-bond acceptors (Lipinski definition) is 2. The summed E-state index contributed by atoms with van der Waals surface area (Å²) in [5, 5.41) is 6.78. The summed E-state index contributed by atoms with van der Waals surface area (Å²) in [6.45, 7) is 4.71. The molecule has 1 amide bonds. The Morgan fingerprint density at radius 2 is 2.08 bits per heavy atom. The predicted molar refractivity (Wildman–Crippen MR) is 51.2 cm³/mol. The van der Waals surface area contributed by atoms with Crippen molar-refractivity contribution in [3.63, 3.8) is 0 Å². The van der Waals surface area contributed by atoms with Crippen LogP contribution in [0.15, 0.2) is 0 Å². The lowest BCUT2D eigenvalue weighted by molar-refractivity contribution is -0.118. The maximum absolute atomic E-state index is 10.2. The zero-order chi connectivity index (χ0) is 9.98. The van der Waals surface area contributed by atoms with Crippen LogP contribution >= 0.6 is 0 Å². The Hall–Kier alpha value is -1.06. The van der Waals surface area contributed by atoms with Crippen molar-refractivity contribution in [1.82, 2.24) is 4.90 Å². The average Bonchev–Trinajstić information content (AvgIpc) is 2.07. The number of hydrogen-bond donors (Lipinski definition) is 2. The van der Waals surface area contributed by atoms with Crippen LogP contribution in [-0.2, 0) is 4.79 Å². The van der Waals surface area contributed by atoms with Gasteiger partial charge in [-0.05, 0) is 6.42 Å². The number of nitrogens with zero attached hydrogens (tertiary/aromatic N) is 1. The molecule has 0 heterocycles. The van der Waals surface area contributed by atoms with Gasteiger partial charge in [0.25, 0.3) is 0 Å². The summed E-state index contributed by atoms with van der Waals surface area (Å²) in [5.41, 5.74) is 4.91. The van der Waals surface area contributed by atoms with Gasteiger partial charge in [0, 0.05) is 20.0 Å². The first-order valence-corrected chi connectivity index (χ1v) is 4.16. The van der Waals surface area contributed by atoms with Crippen LogP contribution in [0.4, 0.5) is 0 Å². The van der Waals surface area contributed by atoms with Crippen molar-refractivity contribution in [3.05, 3.63) is 0 Å². The normalized spacial score (nSPS) is 7.92. The van der Waals surface area contributed by atoms with Gasteiger partial charge in [-0.3, -0.25) is 10.2 Å². The second kappa shape index (κ2) is 9.94. The van der Waals surface area contributed by atoms with E-state index in [0.29, 0.717) is 13.0 Å². The van der Waals surface area contributed by atoms with Crippen LogP contribution in [0, 0.1) is 5.41 Å². The molecule has 0 saturated heterocycles. The molecule has 0 aromatic carbocycles. The highest BCUT2D eigenvalue weighted by Crippen LogP contribution is 1.88. The second-order valence-electron chi connectivity index (χ2n) is 2.18. The fourth-order valence-corrected chi connectivity index (χ4v) is 0.567. The minimum Gasteiger partial charge on any atom is -0.370 e. The smallest absolute Gasteiger partial charge is 0.217 e. The summed E-state index contributed by atoms with van der Waals surface area (Å²) >= 11 is 0. The third-order valence-corrected chi connectivity index (χ3v) is 1.15. The molecule has 0 bridgehead atoms. The van der Waals surface area contributed by atoms with Crippen LogP contribution in [0.25, 0.3) is 0 Å². The van der Waals surface area contributed by atoms with E-state index < -0.39 is 0 Å². The van der Waals surface area contributed by atoms with Gasteiger partial charge in [0.2, 0.25) is 5.91 Å². The zero-order valence-corrected chi connectivity index (χ0v) is 8.13. The first-order chi connectivity index (χ1) is 5.66. The van der Waals surface area contributed by atoms with E-state index in [1.54, 1.807) is 11.9 Å². The predicted octanol–water partition coefficient (Wildman–Crippen LogP) is 0.817. The lowest BCUT2D eigenvalue weighted by Crippen LogP contribution is -2.19. The first kappa shape index (κ1) is 13.5. The number of nitrogens with one attached hydrogen (secondary N) is 1. The summed E-state index contributed by atoms with van der Waals surface area (Å²) in [6, 6.07) is 0. The number of rotatable bonds is 5. The Labute approximate surface area is 74.2 Å². The minimum atomic E-state index is -0.279. The van der Waals surface area contributed by atoms with E-state index >= 15 is 0 Å². The van der Waals surface area contributed by atoms with Crippen molar-refractivity contribution < 1.29 is 4.79 Å². The Kier molecular flexibility index (Phi) is 11.2. The average molecular weight is 173 g/mol. The van der Waals surface area contributed by atoms with Crippen LogP contribution in [0.2, 0.25) is 0 Å². The van der Waals surface area contributed by atoms with Crippen molar-refractivity contribution in [2.75, 3.05) is 13.6 Å². The van der Waals surface area contributed by atoms with Gasteiger partial charge in [0.05, 0.1) is 6.34 Å². The maximum atomic E-state index is 10.2. The number of amides is 1. The third-order valence-electron chi connectivity index (χ3n) is 1.15. The van der Waals surface area contributed by atoms with Crippen LogP contribution in [0.1, 0.15) is 26.7 Å². The van der Waals surface area contributed by atoms with Crippen molar-refractivity contribution in [1.29, 1.82) is 5.41 Å². The molecule has 0 aliphatic carbocycles. The topological polar surface area (TPSA) is 70.2 Å². The van der Waals surface area contributed by atoms with E-state index in [1.165, 1.54) is 6.34 Å². The molecule has 3 N–H and O–H groups in total. The molecule has 0 rings (SSSR count). The molecule has 72 valence electrons. The lowest BCUT2D eigenvalue weighted by Gasteiger charge is -2.09. The molecule has 0 aliphatic rings. The fourth-order valence-electron chi connectivity index (χ4n) is 0.567. The molecule has 4 nitrogen and oxygen atoms in total. The number of nitrogens with two attached hydrogens (primary N) is 1. The van der Waals surface area contributed by atoms with Gasteiger partial charge in [-0.15, -0.1) is 0 Å². The summed E-state index contributed by atoms with van der Waals surface area (Å²) in [6.07, 6.45) is 2.35. The van der Waals surface area contributed by atoms with Gasteiger partial charge in [0.15, 0.2) is 0 Å². The Bertz CT molecular complexity index is 125. The van der Waals surface area contributed by atoms with Gasteiger partial charge in [0.1, 0.15) is 0 Å². The van der Waals surface area contributed by atoms with Gasteiger partial charge in [-0.1, -0.05) is 13.8 Å². The van der Waals surface area contributed by atoms with Gasteiger partial charge in [-0.2, -0.15) is 0 Å². The lowest BCUT2D eigenvalue weighted by atomic mass is 10.3. The molecule has 12 heavy (non-hydrogen) atoms. The first-order valence-electron chi connectivity index (χ1n) is 4.16. The monoisotopic (exact) mass is 173 g/mol. The van der Waals surface area contributed by atoms with Crippen molar-refractivity contribution in [3.8, 4) is 0 Å². The van der Waals surface area contributed by atoms with Crippen molar-refractivity contribution >= 4 is 12.2 Å². The van der Waals surface area contributed by atoms with Crippen LogP contribution in [0.3, 0.4) is 0 Å². The highest BCUT2D eigenvalue weighted by atomic mass is 16.1.